The molecule has 0 aromatic rings. The number of hydrogen-bond donors (Lipinski definition) is 0. The van der Waals surface area contributed by atoms with Crippen LogP contribution in [0.1, 0.15) is 33.1 Å². The predicted octanol–water partition coefficient (Wildman–Crippen LogP) is 3.92. The van der Waals surface area contributed by atoms with Crippen LogP contribution >= 0.6 is 0 Å². The summed E-state index contributed by atoms with van der Waals surface area (Å²) in [6.45, 7) is 5.85. The smallest absolute Gasteiger partial charge is 0.00939 e. The van der Waals surface area contributed by atoms with Crippen LogP contribution in [0.25, 0.3) is 0 Å². The first-order valence-corrected chi connectivity index (χ1v) is 13.1. The van der Waals surface area contributed by atoms with E-state index in [0.29, 0.717) is 0 Å². The van der Waals surface area contributed by atoms with Crippen molar-refractivity contribution in [2.75, 3.05) is 0 Å². The summed E-state index contributed by atoms with van der Waals surface area (Å²) < 4.78 is 0. The Balaban J connectivity index is 1.13. The Hall–Kier alpha value is 0. The Labute approximate surface area is 159 Å². The van der Waals surface area contributed by atoms with Gasteiger partial charge < -0.3 is 0 Å². The zero-order chi connectivity index (χ0) is 16.2. The van der Waals surface area contributed by atoms with Crippen molar-refractivity contribution in [3.63, 3.8) is 0 Å². The Kier molecular flexibility index (Phi) is 0.756. The maximum absolute atomic E-state index is 2.99. The van der Waals surface area contributed by atoms with Gasteiger partial charge in [0.1, 0.15) is 0 Å². The quantitative estimate of drug-likeness (QED) is 0.621. The molecule has 15 aliphatic rings. The van der Waals surface area contributed by atoms with Gasteiger partial charge in [-0.05, 0) is 145 Å². The van der Waals surface area contributed by atoms with Crippen LogP contribution in [0, 0.1) is 126 Å². The van der Waals surface area contributed by atoms with Crippen LogP contribution in [0.3, 0.4) is 0 Å². The summed E-state index contributed by atoms with van der Waals surface area (Å²) in [7, 11) is 0. The lowest BCUT2D eigenvalue weighted by molar-refractivity contribution is -0.704. The summed E-state index contributed by atoms with van der Waals surface area (Å²) in [6, 6.07) is 0. The summed E-state index contributed by atoms with van der Waals surface area (Å²) >= 11 is 0. The molecule has 6 spiro atoms. The lowest BCUT2D eigenvalue weighted by Gasteiger charge is -3.16. The van der Waals surface area contributed by atoms with E-state index >= 15 is 0 Å². The van der Waals surface area contributed by atoms with Crippen molar-refractivity contribution >= 4 is 0 Å². The minimum atomic E-state index is 0.895. The molecule has 22 atom stereocenters. The second-order valence-corrected chi connectivity index (χ2v) is 16.3. The van der Waals surface area contributed by atoms with Crippen molar-refractivity contribution in [1.82, 2.24) is 0 Å². The molecule has 0 aromatic carbocycles. The van der Waals surface area contributed by atoms with E-state index in [-0.39, 0.29) is 0 Å². The van der Waals surface area contributed by atoms with Crippen LogP contribution in [0.2, 0.25) is 0 Å². The molecule has 0 bridgehead atoms. The van der Waals surface area contributed by atoms with Gasteiger partial charge in [-0.15, -0.1) is 0 Å². The van der Waals surface area contributed by atoms with Crippen LogP contribution in [0.5, 0.6) is 0 Å². The maximum atomic E-state index is 2.99. The van der Waals surface area contributed by atoms with Crippen LogP contribution in [0.4, 0.5) is 0 Å². The molecular formula is C27H26. The fraction of sp³-hybridized carbons (Fsp3) is 1.00. The first kappa shape index (κ1) is 10.9. The molecule has 0 aromatic heterocycles. The molecule has 0 nitrogen and oxygen atoms in total. The minimum Gasteiger partial charge on any atom is -0.0585 e. The van der Waals surface area contributed by atoms with Gasteiger partial charge in [0, 0.05) is 0 Å². The van der Waals surface area contributed by atoms with Crippen molar-refractivity contribution in [3.8, 4) is 0 Å². The molecule has 134 valence electrons. The number of rotatable bonds is 0. The molecule has 15 rings (SSSR count). The van der Waals surface area contributed by atoms with Crippen molar-refractivity contribution in [3.05, 3.63) is 0 Å². The highest BCUT2D eigenvalue weighted by molar-refractivity contribution is 5.77. The van der Waals surface area contributed by atoms with Crippen molar-refractivity contribution in [1.29, 1.82) is 0 Å². The van der Waals surface area contributed by atoms with Gasteiger partial charge in [-0.2, -0.15) is 0 Å². The molecule has 0 N–H and O–H groups in total. The van der Waals surface area contributed by atoms with Gasteiger partial charge in [-0.3, -0.25) is 0 Å². The summed E-state index contributed by atoms with van der Waals surface area (Å²) in [6.07, 6.45) is 5.18. The van der Waals surface area contributed by atoms with E-state index in [0.717, 1.165) is 43.3 Å². The average Bonchev–Trinajstić information content (AvgIpc) is 3.37. The van der Waals surface area contributed by atoms with E-state index in [1.807, 2.05) is 0 Å². The van der Waals surface area contributed by atoms with Crippen LogP contribution < -0.4 is 0 Å². The second kappa shape index (κ2) is 1.88. The number of hydrogen-bond acceptors (Lipinski definition) is 0. The zero-order valence-electron chi connectivity index (χ0n) is 16.2. The maximum Gasteiger partial charge on any atom is -0.00939 e. The summed E-state index contributed by atoms with van der Waals surface area (Å²) in [5.41, 5.74) is 7.95. The average molecular weight is 351 g/mol. The van der Waals surface area contributed by atoms with Gasteiger partial charge in [0.15, 0.2) is 0 Å². The highest BCUT2D eigenvalue weighted by atomic mass is 15.3. The normalized spacial score (nSPS) is 116. The third-order valence-electron chi connectivity index (χ3n) is 20.0. The third kappa shape index (κ3) is 0.353. The van der Waals surface area contributed by atoms with E-state index in [4.69, 9.17) is 0 Å². The molecular weight excluding hydrogens is 324 g/mol. The van der Waals surface area contributed by atoms with E-state index in [1.165, 1.54) is 82.9 Å². The molecule has 15 fully saturated rings. The zero-order valence-corrected chi connectivity index (χ0v) is 16.2. The van der Waals surface area contributed by atoms with Gasteiger partial charge in [0.25, 0.3) is 0 Å². The molecule has 0 heteroatoms. The Morgan fingerprint density at radius 1 is 0.556 bits per heavy atom. The third-order valence-corrected chi connectivity index (χ3v) is 20.0. The number of fused-ring (bicyclic) bond motifs is 11. The standard InChI is InChI=1S/C27H26/c1-20-6-3-7(20)10-16-17-13-18-19-22-5-9(22)12-15-14-11-8(4-6)23(10,20)26(11,16)24(14,17)21(13,2)25(15,18)27(12,19)22/h6-19H,3-5H2,1-2H3. The van der Waals surface area contributed by atoms with Gasteiger partial charge >= 0.3 is 0 Å². The molecule has 15 aliphatic carbocycles. The van der Waals surface area contributed by atoms with E-state index in [2.05, 4.69) is 13.8 Å². The first-order chi connectivity index (χ1) is 13.1. The van der Waals surface area contributed by atoms with Gasteiger partial charge in [-0.25, -0.2) is 0 Å². The SMILES string of the molecule is CC12C3CC1C1C4C5C6C7C8C9%10CC9C9C%11C%12C%13C(C3)C12C%134C%125C6(C)C7%11C98%10. The van der Waals surface area contributed by atoms with E-state index in [9.17, 15) is 0 Å². The fourth-order valence-corrected chi connectivity index (χ4v) is 22.4. The largest absolute Gasteiger partial charge is 0.0585 e. The Morgan fingerprint density at radius 3 is 2.11 bits per heavy atom. The summed E-state index contributed by atoms with van der Waals surface area (Å²) in [5, 5.41) is 0. The molecule has 0 aliphatic heterocycles. The van der Waals surface area contributed by atoms with E-state index in [1.54, 1.807) is 19.3 Å². The van der Waals surface area contributed by atoms with Crippen LogP contribution in [0.15, 0.2) is 0 Å². The molecule has 0 saturated heterocycles. The van der Waals surface area contributed by atoms with Crippen molar-refractivity contribution < 1.29 is 0 Å². The molecule has 0 radical (unpaired) electrons. The van der Waals surface area contributed by atoms with Gasteiger partial charge in [0.05, 0.1) is 0 Å². The van der Waals surface area contributed by atoms with E-state index < -0.39 is 0 Å². The summed E-state index contributed by atoms with van der Waals surface area (Å²) in [5.74, 6) is 18.2. The van der Waals surface area contributed by atoms with Crippen LogP contribution in [-0.2, 0) is 0 Å². The topological polar surface area (TPSA) is 0 Å². The lowest BCUT2D eigenvalue weighted by Crippen LogP contribution is -3.14. The Bertz CT molecular complexity index is 1220. The molecule has 27 heavy (non-hydrogen) atoms. The molecule has 22 unspecified atom stereocenters. The first-order valence-electron chi connectivity index (χ1n) is 13.1. The minimum absolute atomic E-state index is 0.895. The predicted molar refractivity (Wildman–Crippen MR) is 93.5 cm³/mol. The monoisotopic (exact) mass is 350 g/mol. The Morgan fingerprint density at radius 2 is 1.22 bits per heavy atom. The van der Waals surface area contributed by atoms with Crippen molar-refractivity contribution in [2.45, 2.75) is 33.1 Å². The van der Waals surface area contributed by atoms with Gasteiger partial charge in [-0.1, -0.05) is 13.8 Å². The lowest BCUT2D eigenvalue weighted by atomic mass is 8.87. The van der Waals surface area contributed by atoms with Gasteiger partial charge in [0.2, 0.25) is 0 Å². The highest BCUT2D eigenvalue weighted by Gasteiger charge is 3.31. The molecule has 0 heterocycles. The second-order valence-electron chi connectivity index (χ2n) is 16.3. The molecule has 0 amide bonds. The summed E-state index contributed by atoms with van der Waals surface area (Å²) in [4.78, 5) is 0. The highest BCUT2D eigenvalue weighted by Crippen LogP contribution is 3.34. The van der Waals surface area contributed by atoms with Crippen molar-refractivity contribution in [2.24, 2.45) is 126 Å². The van der Waals surface area contributed by atoms with Crippen LogP contribution in [-0.4, -0.2) is 0 Å². The molecule has 15 saturated carbocycles. The fourth-order valence-electron chi connectivity index (χ4n) is 22.4.